The first kappa shape index (κ1) is 23.1. The Morgan fingerprint density at radius 1 is 1.12 bits per heavy atom. The van der Waals surface area contributed by atoms with Crippen LogP contribution in [0.2, 0.25) is 5.02 Å². The van der Waals surface area contributed by atoms with Gasteiger partial charge in [-0.3, -0.25) is 14.4 Å². The van der Waals surface area contributed by atoms with Gasteiger partial charge in [-0.2, -0.15) is 0 Å². The van der Waals surface area contributed by atoms with Gasteiger partial charge in [-0.15, -0.1) is 0 Å². The highest BCUT2D eigenvalue weighted by Gasteiger charge is 2.45. The summed E-state index contributed by atoms with van der Waals surface area (Å²) in [4.78, 5) is 38.3. The van der Waals surface area contributed by atoms with Gasteiger partial charge in [0.15, 0.2) is 5.78 Å². The van der Waals surface area contributed by atoms with Crippen LogP contribution in [-0.2, 0) is 25.7 Å². The molecule has 0 aromatic heterocycles. The molecule has 0 bridgehead atoms. The second kappa shape index (κ2) is 9.79. The summed E-state index contributed by atoms with van der Waals surface area (Å²) in [5, 5.41) is 3.51. The monoisotopic (exact) mass is 467 g/mol. The van der Waals surface area contributed by atoms with E-state index in [-0.39, 0.29) is 30.6 Å². The van der Waals surface area contributed by atoms with Gasteiger partial charge in [-0.25, -0.2) is 0 Å². The molecule has 1 aliphatic carbocycles. The number of ether oxygens (including phenoxy) is 2. The van der Waals surface area contributed by atoms with Crippen LogP contribution in [0.15, 0.2) is 59.8 Å². The number of hydrogen-bond acceptors (Lipinski definition) is 5. The maximum absolute atomic E-state index is 13.4. The Hall–Kier alpha value is -3.12. The average molecular weight is 468 g/mol. The van der Waals surface area contributed by atoms with E-state index in [2.05, 4.69) is 5.32 Å². The number of hydrogen-bond donors (Lipinski definition) is 1. The van der Waals surface area contributed by atoms with Crippen LogP contribution in [0.25, 0.3) is 0 Å². The van der Waals surface area contributed by atoms with E-state index < -0.39 is 17.8 Å². The van der Waals surface area contributed by atoms with Crippen molar-refractivity contribution in [2.75, 3.05) is 6.61 Å². The van der Waals surface area contributed by atoms with Crippen molar-refractivity contribution < 1.29 is 23.9 Å². The molecule has 1 N–H and O–H groups in total. The molecule has 0 radical (unpaired) electrons. The Balaban J connectivity index is 1.56. The lowest BCUT2D eigenvalue weighted by Crippen LogP contribution is -2.44. The van der Waals surface area contributed by atoms with Crippen molar-refractivity contribution in [2.45, 2.75) is 39.2 Å². The Bertz CT molecular complexity index is 1110. The fraction of sp³-hybridized carbons (Fsp3) is 0.346. The Morgan fingerprint density at radius 3 is 2.58 bits per heavy atom. The predicted octanol–water partition coefficient (Wildman–Crippen LogP) is 4.56. The maximum Gasteiger partial charge on any atom is 0.317 e. The van der Waals surface area contributed by atoms with Crippen LogP contribution in [0.4, 0.5) is 0 Å². The molecule has 0 spiro atoms. The van der Waals surface area contributed by atoms with Crippen LogP contribution < -0.4 is 10.1 Å². The topological polar surface area (TPSA) is 81.7 Å². The van der Waals surface area contributed by atoms with E-state index in [1.807, 2.05) is 55.5 Å². The number of nitrogens with one attached hydrogen (secondary N) is 1. The number of rotatable bonds is 6. The molecular formula is C26H26ClNO5. The summed E-state index contributed by atoms with van der Waals surface area (Å²) in [6.07, 6.45) is 0.602. The molecule has 2 aliphatic rings. The summed E-state index contributed by atoms with van der Waals surface area (Å²) in [5.74, 6) is -1.71. The van der Waals surface area contributed by atoms with Crippen molar-refractivity contribution in [3.63, 3.8) is 0 Å². The Kier molecular flexibility index (Phi) is 6.84. The van der Waals surface area contributed by atoms with E-state index in [1.54, 1.807) is 6.92 Å². The summed E-state index contributed by atoms with van der Waals surface area (Å²) in [5.41, 5.74) is 2.92. The number of benzene rings is 2. The molecule has 7 heteroatoms. The molecule has 2 aromatic carbocycles. The van der Waals surface area contributed by atoms with Crippen molar-refractivity contribution in [1.82, 2.24) is 5.32 Å². The van der Waals surface area contributed by atoms with E-state index in [0.29, 0.717) is 35.1 Å². The fourth-order valence-electron chi connectivity index (χ4n) is 4.58. The summed E-state index contributed by atoms with van der Waals surface area (Å²) in [6.45, 7) is 4.15. The Morgan fingerprint density at radius 2 is 1.88 bits per heavy atom. The third-order valence-corrected chi connectivity index (χ3v) is 6.35. The SMILES string of the molecule is CCOC(=O)C1C(=O)C2=C(CC1C)NC(=O)CC2c1ccc(OCc2cccc(Cl)c2)cc1. The second-order valence-electron chi connectivity index (χ2n) is 8.46. The van der Waals surface area contributed by atoms with Gasteiger partial charge < -0.3 is 14.8 Å². The van der Waals surface area contributed by atoms with Gasteiger partial charge >= 0.3 is 5.97 Å². The minimum Gasteiger partial charge on any atom is -0.489 e. The van der Waals surface area contributed by atoms with Crippen LogP contribution in [0.3, 0.4) is 0 Å². The third kappa shape index (κ3) is 4.96. The molecule has 1 heterocycles. The lowest BCUT2D eigenvalue weighted by molar-refractivity contribution is -0.153. The van der Waals surface area contributed by atoms with E-state index >= 15 is 0 Å². The molecule has 6 nitrogen and oxygen atoms in total. The molecule has 172 valence electrons. The molecule has 3 unspecified atom stereocenters. The zero-order valence-corrected chi connectivity index (χ0v) is 19.4. The molecule has 3 atom stereocenters. The van der Waals surface area contributed by atoms with Gasteiger partial charge in [0.1, 0.15) is 18.3 Å². The molecular weight excluding hydrogens is 442 g/mol. The fourth-order valence-corrected chi connectivity index (χ4v) is 4.79. The molecule has 1 aliphatic heterocycles. The average Bonchev–Trinajstić information content (AvgIpc) is 2.77. The quantitative estimate of drug-likeness (QED) is 0.497. The molecule has 2 aromatic rings. The van der Waals surface area contributed by atoms with Crippen LogP contribution >= 0.6 is 11.6 Å². The number of carbonyl (C=O) groups is 3. The third-order valence-electron chi connectivity index (χ3n) is 6.11. The number of ketones is 1. The van der Waals surface area contributed by atoms with E-state index in [4.69, 9.17) is 21.1 Å². The number of esters is 1. The first-order valence-corrected chi connectivity index (χ1v) is 11.5. The minimum absolute atomic E-state index is 0.130. The lowest BCUT2D eigenvalue weighted by Gasteiger charge is -2.36. The largest absolute Gasteiger partial charge is 0.489 e. The standard InChI is InChI=1S/C26H26ClNO5/c1-3-32-26(31)23-15(2)11-21-24(25(23)30)20(13-22(29)28-21)17-7-9-19(10-8-17)33-14-16-5-4-6-18(27)12-16/h4-10,12,15,20,23H,3,11,13-14H2,1-2H3,(H,28,29). The lowest BCUT2D eigenvalue weighted by atomic mass is 9.70. The first-order valence-electron chi connectivity index (χ1n) is 11.1. The van der Waals surface area contributed by atoms with Crippen molar-refractivity contribution in [1.29, 1.82) is 0 Å². The molecule has 0 saturated carbocycles. The smallest absolute Gasteiger partial charge is 0.317 e. The zero-order valence-electron chi connectivity index (χ0n) is 18.6. The highest BCUT2D eigenvalue weighted by molar-refractivity contribution is 6.30. The summed E-state index contributed by atoms with van der Waals surface area (Å²) in [7, 11) is 0. The predicted molar refractivity (Wildman–Crippen MR) is 124 cm³/mol. The maximum atomic E-state index is 13.4. The summed E-state index contributed by atoms with van der Waals surface area (Å²) < 4.78 is 11.0. The van der Waals surface area contributed by atoms with Gasteiger partial charge in [-0.05, 0) is 54.7 Å². The minimum atomic E-state index is -0.846. The van der Waals surface area contributed by atoms with Crippen molar-refractivity contribution >= 4 is 29.3 Å². The number of amides is 1. The zero-order chi connectivity index (χ0) is 23.5. The molecule has 0 fully saturated rings. The second-order valence-corrected chi connectivity index (χ2v) is 8.90. The molecule has 4 rings (SSSR count). The van der Waals surface area contributed by atoms with Crippen molar-refractivity contribution in [2.24, 2.45) is 11.8 Å². The number of Topliss-reactive ketones (excluding diaryl/α,β-unsaturated/α-hetero) is 1. The van der Waals surface area contributed by atoms with Gasteiger partial charge in [0.05, 0.1) is 6.61 Å². The van der Waals surface area contributed by atoms with Gasteiger partial charge in [0.2, 0.25) is 5.91 Å². The van der Waals surface area contributed by atoms with Crippen molar-refractivity contribution in [3.05, 3.63) is 76.0 Å². The number of halogens is 1. The summed E-state index contributed by atoms with van der Waals surface area (Å²) in [6, 6.07) is 14.8. The van der Waals surface area contributed by atoms with Crippen LogP contribution in [0, 0.1) is 11.8 Å². The van der Waals surface area contributed by atoms with Gasteiger partial charge in [0.25, 0.3) is 0 Å². The number of carbonyl (C=O) groups excluding carboxylic acids is 3. The molecule has 1 amide bonds. The van der Waals surface area contributed by atoms with Gasteiger partial charge in [-0.1, -0.05) is 42.8 Å². The van der Waals surface area contributed by atoms with Gasteiger partial charge in [0, 0.05) is 28.6 Å². The number of allylic oxidation sites excluding steroid dienone is 2. The normalized spacial score (nSPS) is 22.5. The van der Waals surface area contributed by atoms with E-state index in [1.165, 1.54) is 0 Å². The van der Waals surface area contributed by atoms with Crippen LogP contribution in [0.1, 0.15) is 43.7 Å². The van der Waals surface area contributed by atoms with E-state index in [9.17, 15) is 14.4 Å². The Labute approximate surface area is 197 Å². The highest BCUT2D eigenvalue weighted by atomic mass is 35.5. The van der Waals surface area contributed by atoms with Crippen molar-refractivity contribution in [3.8, 4) is 5.75 Å². The molecule has 0 saturated heterocycles. The van der Waals surface area contributed by atoms with Crippen LogP contribution in [0.5, 0.6) is 5.75 Å². The highest BCUT2D eigenvalue weighted by Crippen LogP contribution is 2.42. The summed E-state index contributed by atoms with van der Waals surface area (Å²) >= 11 is 6.02. The van der Waals surface area contributed by atoms with E-state index in [0.717, 1.165) is 11.1 Å². The van der Waals surface area contributed by atoms with Crippen LogP contribution in [-0.4, -0.2) is 24.3 Å². The molecule has 33 heavy (non-hydrogen) atoms. The first-order chi connectivity index (χ1) is 15.9.